The lowest BCUT2D eigenvalue weighted by Gasteiger charge is -2.16. The van der Waals surface area contributed by atoms with Crippen molar-refractivity contribution in [1.29, 1.82) is 0 Å². The average molecular weight is 487 g/mol. The van der Waals surface area contributed by atoms with Gasteiger partial charge < -0.3 is 20.1 Å². The van der Waals surface area contributed by atoms with Gasteiger partial charge in [-0.1, -0.05) is 11.6 Å². The Morgan fingerprint density at radius 3 is 2.75 bits per heavy atom. The highest BCUT2D eigenvalue weighted by molar-refractivity contribution is 9.11. The standard InChI is InChI=1S/C14H12Br2ClFN2O4/c1-24-14(23)6-5-20(2-3-21)13(22)11(6)19-12-8(16)4-7(15)10(18)9(12)17/h4,19,21H,2-3,5H2,1H3. The van der Waals surface area contributed by atoms with E-state index in [9.17, 15) is 14.0 Å². The molecule has 1 aliphatic heterocycles. The quantitative estimate of drug-likeness (QED) is 0.380. The Morgan fingerprint density at radius 1 is 1.50 bits per heavy atom. The molecule has 1 heterocycles. The molecule has 0 radical (unpaired) electrons. The van der Waals surface area contributed by atoms with E-state index < -0.39 is 17.7 Å². The van der Waals surface area contributed by atoms with Gasteiger partial charge in [-0.2, -0.15) is 0 Å². The molecule has 130 valence electrons. The van der Waals surface area contributed by atoms with Gasteiger partial charge in [0.2, 0.25) is 0 Å². The maximum absolute atomic E-state index is 14.0. The summed E-state index contributed by atoms with van der Waals surface area (Å²) in [5, 5.41) is 11.5. The number of aliphatic hydroxyl groups is 1. The van der Waals surface area contributed by atoms with Crippen molar-refractivity contribution < 1.29 is 23.8 Å². The highest BCUT2D eigenvalue weighted by Gasteiger charge is 2.35. The summed E-state index contributed by atoms with van der Waals surface area (Å²) in [6.45, 7) is -0.235. The molecule has 10 heteroatoms. The molecule has 0 fully saturated rings. The number of aliphatic hydroxyl groups excluding tert-OH is 1. The zero-order valence-corrected chi connectivity index (χ0v) is 16.3. The Morgan fingerprint density at radius 2 is 2.17 bits per heavy atom. The van der Waals surface area contributed by atoms with Gasteiger partial charge in [-0.25, -0.2) is 9.18 Å². The molecule has 24 heavy (non-hydrogen) atoms. The van der Waals surface area contributed by atoms with Crippen molar-refractivity contribution in [2.45, 2.75) is 0 Å². The number of nitrogens with one attached hydrogen (secondary N) is 1. The number of carbonyl (C=O) groups is 2. The molecule has 0 atom stereocenters. The fourth-order valence-corrected chi connectivity index (χ4v) is 3.89. The van der Waals surface area contributed by atoms with Gasteiger partial charge in [-0.15, -0.1) is 0 Å². The van der Waals surface area contributed by atoms with Crippen molar-refractivity contribution >= 4 is 61.0 Å². The summed E-state index contributed by atoms with van der Waals surface area (Å²) in [7, 11) is 1.19. The Bertz CT molecular complexity index is 742. The number of anilines is 1. The number of hydrogen-bond acceptors (Lipinski definition) is 5. The summed E-state index contributed by atoms with van der Waals surface area (Å²) in [5.74, 6) is -1.92. The molecule has 1 aromatic rings. The number of hydrogen-bond donors (Lipinski definition) is 2. The van der Waals surface area contributed by atoms with E-state index in [1.165, 1.54) is 18.1 Å². The van der Waals surface area contributed by atoms with Gasteiger partial charge >= 0.3 is 5.97 Å². The number of benzene rings is 1. The highest BCUT2D eigenvalue weighted by Crippen LogP contribution is 2.38. The van der Waals surface area contributed by atoms with Crippen LogP contribution < -0.4 is 5.32 Å². The molecular formula is C14H12Br2ClFN2O4. The Labute approximate surface area is 158 Å². The molecule has 1 aliphatic rings. The molecule has 6 nitrogen and oxygen atoms in total. The molecule has 0 aliphatic carbocycles. The van der Waals surface area contributed by atoms with E-state index in [4.69, 9.17) is 16.7 Å². The average Bonchev–Trinajstić information content (AvgIpc) is 2.85. The topological polar surface area (TPSA) is 78.9 Å². The lowest BCUT2D eigenvalue weighted by Crippen LogP contribution is -2.31. The van der Waals surface area contributed by atoms with Gasteiger partial charge in [-0.3, -0.25) is 4.79 Å². The minimum absolute atomic E-state index is 0.0252. The number of nitrogens with zero attached hydrogens (tertiary/aromatic N) is 1. The molecule has 0 spiro atoms. The van der Waals surface area contributed by atoms with E-state index in [-0.39, 0.29) is 46.1 Å². The fourth-order valence-electron chi connectivity index (χ4n) is 2.15. The minimum atomic E-state index is -0.708. The van der Waals surface area contributed by atoms with Crippen molar-refractivity contribution in [3.8, 4) is 0 Å². The van der Waals surface area contributed by atoms with Crippen molar-refractivity contribution in [3.63, 3.8) is 0 Å². The molecular weight excluding hydrogens is 474 g/mol. The van der Waals surface area contributed by atoms with Gasteiger partial charge in [0.05, 0.1) is 36.0 Å². The third-order valence-electron chi connectivity index (χ3n) is 3.32. The Hall–Kier alpha value is -1.16. The van der Waals surface area contributed by atoms with Crippen LogP contribution in [0, 0.1) is 5.82 Å². The number of rotatable bonds is 5. The second-order valence-corrected chi connectivity index (χ2v) is 6.85. The molecule has 0 unspecified atom stereocenters. The van der Waals surface area contributed by atoms with Gasteiger partial charge in [0, 0.05) is 11.0 Å². The van der Waals surface area contributed by atoms with E-state index in [1.54, 1.807) is 0 Å². The van der Waals surface area contributed by atoms with Crippen molar-refractivity contribution in [2.24, 2.45) is 0 Å². The highest BCUT2D eigenvalue weighted by atomic mass is 79.9. The van der Waals surface area contributed by atoms with Crippen molar-refractivity contribution in [2.75, 3.05) is 32.1 Å². The lowest BCUT2D eigenvalue weighted by molar-refractivity contribution is -0.136. The zero-order valence-electron chi connectivity index (χ0n) is 12.3. The molecule has 0 aromatic heterocycles. The maximum atomic E-state index is 14.0. The number of amides is 1. The van der Waals surface area contributed by atoms with Crippen LogP contribution in [0.25, 0.3) is 0 Å². The number of ether oxygens (including phenoxy) is 1. The van der Waals surface area contributed by atoms with Crippen LogP contribution in [-0.4, -0.2) is 48.7 Å². The van der Waals surface area contributed by atoms with Crippen molar-refractivity contribution in [3.05, 3.63) is 37.1 Å². The number of halogens is 4. The molecule has 0 saturated carbocycles. The third kappa shape index (κ3) is 3.58. The molecule has 2 rings (SSSR count). The first-order chi connectivity index (χ1) is 11.3. The summed E-state index contributed by atoms with van der Waals surface area (Å²) in [6, 6.07) is 1.42. The number of carbonyl (C=O) groups excluding carboxylic acids is 2. The summed E-state index contributed by atoms with van der Waals surface area (Å²) in [6.07, 6.45) is 0. The summed E-state index contributed by atoms with van der Waals surface area (Å²) in [4.78, 5) is 25.6. The molecule has 0 bridgehead atoms. The fraction of sp³-hybridized carbons (Fsp3) is 0.286. The SMILES string of the molecule is COC(=O)C1=C(Nc2c(Br)cc(Br)c(F)c2Cl)C(=O)N(CCO)C1. The zero-order chi connectivity index (χ0) is 18.0. The Kier molecular flexibility index (Phi) is 6.24. The first kappa shape index (κ1) is 19.2. The number of esters is 1. The van der Waals surface area contributed by atoms with Gasteiger partial charge in [0.1, 0.15) is 10.7 Å². The van der Waals surface area contributed by atoms with Crippen LogP contribution >= 0.6 is 43.5 Å². The van der Waals surface area contributed by atoms with Crippen LogP contribution in [0.5, 0.6) is 0 Å². The van der Waals surface area contributed by atoms with E-state index in [2.05, 4.69) is 41.9 Å². The normalized spacial score (nSPS) is 14.4. The summed E-state index contributed by atoms with van der Waals surface area (Å²) >= 11 is 12.2. The van der Waals surface area contributed by atoms with E-state index in [0.29, 0.717) is 4.47 Å². The lowest BCUT2D eigenvalue weighted by atomic mass is 10.2. The predicted octanol–water partition coefficient (Wildman–Crippen LogP) is 2.68. The molecule has 1 aromatic carbocycles. The van der Waals surface area contributed by atoms with Gasteiger partial charge in [0.15, 0.2) is 5.82 Å². The maximum Gasteiger partial charge on any atom is 0.337 e. The first-order valence-corrected chi connectivity index (χ1v) is 8.59. The van der Waals surface area contributed by atoms with E-state index >= 15 is 0 Å². The predicted molar refractivity (Wildman–Crippen MR) is 93.1 cm³/mol. The first-order valence-electron chi connectivity index (χ1n) is 6.63. The summed E-state index contributed by atoms with van der Waals surface area (Å²) < 4.78 is 19.2. The molecule has 1 amide bonds. The van der Waals surface area contributed by atoms with Gasteiger partial charge in [-0.05, 0) is 37.9 Å². The van der Waals surface area contributed by atoms with Crippen LogP contribution in [-0.2, 0) is 14.3 Å². The third-order valence-corrected chi connectivity index (χ3v) is 4.88. The number of methoxy groups -OCH3 is 1. The number of β-amino-alcohol motifs (C(OH)–C–C–N with tert-alkyl or cyclic N) is 1. The van der Waals surface area contributed by atoms with E-state index in [0.717, 1.165) is 0 Å². The Balaban J connectivity index is 2.47. The van der Waals surface area contributed by atoms with Crippen LogP contribution in [0.4, 0.5) is 10.1 Å². The minimum Gasteiger partial charge on any atom is -0.466 e. The molecule has 0 saturated heterocycles. The van der Waals surface area contributed by atoms with Crippen LogP contribution in [0.1, 0.15) is 0 Å². The van der Waals surface area contributed by atoms with Crippen LogP contribution in [0.2, 0.25) is 5.02 Å². The second-order valence-electron chi connectivity index (χ2n) is 4.76. The summed E-state index contributed by atoms with van der Waals surface area (Å²) in [5.41, 5.74) is 0.106. The van der Waals surface area contributed by atoms with Gasteiger partial charge in [0.25, 0.3) is 5.91 Å². The van der Waals surface area contributed by atoms with Crippen LogP contribution in [0.3, 0.4) is 0 Å². The van der Waals surface area contributed by atoms with Crippen LogP contribution in [0.15, 0.2) is 26.3 Å². The van der Waals surface area contributed by atoms with E-state index in [1.807, 2.05) is 0 Å². The second kappa shape index (κ2) is 7.81. The largest absolute Gasteiger partial charge is 0.466 e. The van der Waals surface area contributed by atoms with Crippen molar-refractivity contribution in [1.82, 2.24) is 4.90 Å². The monoisotopic (exact) mass is 484 g/mol. The smallest absolute Gasteiger partial charge is 0.337 e. The molecule has 2 N–H and O–H groups in total.